The van der Waals surface area contributed by atoms with Crippen LogP contribution in [0.2, 0.25) is 0 Å². The molecule has 4 rings (SSSR count). The molecule has 2 amide bonds. The van der Waals surface area contributed by atoms with Crippen LogP contribution >= 0.6 is 0 Å². The van der Waals surface area contributed by atoms with Gasteiger partial charge in [0.2, 0.25) is 11.8 Å². The van der Waals surface area contributed by atoms with E-state index in [1.165, 1.54) is 0 Å². The second-order valence-electron chi connectivity index (χ2n) is 6.79. The van der Waals surface area contributed by atoms with Crippen molar-refractivity contribution in [2.75, 3.05) is 16.8 Å². The standard InChI is InChI=1S/C21H21N3O3/c1-3-14-6-4-5-7-18(14)24-12-15(10-20(24)25)21(26)23-16-8-9-19-17(11-16)22-13(2)27-19/h4-9,11,15H,3,10,12H2,1-2H3,(H,23,26). The fourth-order valence-corrected chi connectivity index (χ4v) is 3.55. The van der Waals surface area contributed by atoms with Gasteiger partial charge in [0.25, 0.3) is 0 Å². The second-order valence-corrected chi connectivity index (χ2v) is 6.79. The zero-order valence-corrected chi connectivity index (χ0v) is 15.4. The number of aromatic nitrogens is 1. The van der Waals surface area contributed by atoms with Crippen LogP contribution in [0.1, 0.15) is 24.8 Å². The van der Waals surface area contributed by atoms with Gasteiger partial charge in [0.15, 0.2) is 11.5 Å². The topological polar surface area (TPSA) is 75.4 Å². The number of hydrogen-bond donors (Lipinski definition) is 1. The Morgan fingerprint density at radius 3 is 2.93 bits per heavy atom. The smallest absolute Gasteiger partial charge is 0.229 e. The van der Waals surface area contributed by atoms with E-state index in [9.17, 15) is 9.59 Å². The first-order valence-electron chi connectivity index (χ1n) is 9.11. The molecular formula is C21H21N3O3. The van der Waals surface area contributed by atoms with E-state index in [4.69, 9.17) is 4.42 Å². The minimum absolute atomic E-state index is 0.0152. The van der Waals surface area contributed by atoms with E-state index in [-0.39, 0.29) is 24.2 Å². The summed E-state index contributed by atoms with van der Waals surface area (Å²) in [6.45, 7) is 4.24. The van der Waals surface area contributed by atoms with E-state index in [2.05, 4.69) is 17.2 Å². The van der Waals surface area contributed by atoms with Crippen LogP contribution in [-0.4, -0.2) is 23.3 Å². The van der Waals surface area contributed by atoms with Crippen LogP contribution in [-0.2, 0) is 16.0 Å². The van der Waals surface area contributed by atoms with E-state index in [0.29, 0.717) is 29.2 Å². The number of anilines is 2. The number of aryl methyl sites for hydroxylation is 2. The maximum Gasteiger partial charge on any atom is 0.229 e. The molecule has 0 aliphatic carbocycles. The number of amides is 2. The van der Waals surface area contributed by atoms with Gasteiger partial charge in [-0.1, -0.05) is 25.1 Å². The molecule has 1 N–H and O–H groups in total. The van der Waals surface area contributed by atoms with Gasteiger partial charge in [0, 0.05) is 31.3 Å². The Morgan fingerprint density at radius 2 is 2.11 bits per heavy atom. The molecule has 0 radical (unpaired) electrons. The van der Waals surface area contributed by atoms with Gasteiger partial charge >= 0.3 is 0 Å². The van der Waals surface area contributed by atoms with E-state index in [0.717, 1.165) is 17.7 Å². The number of para-hydroxylation sites is 1. The molecule has 1 aliphatic rings. The predicted octanol–water partition coefficient (Wildman–Crippen LogP) is 3.69. The average molecular weight is 363 g/mol. The first-order valence-corrected chi connectivity index (χ1v) is 9.11. The Labute approximate surface area is 157 Å². The maximum absolute atomic E-state index is 12.7. The van der Waals surface area contributed by atoms with Crippen LogP contribution in [0.4, 0.5) is 11.4 Å². The Balaban J connectivity index is 1.50. The zero-order chi connectivity index (χ0) is 19.0. The molecule has 2 aromatic carbocycles. The Kier molecular flexibility index (Phi) is 4.39. The lowest BCUT2D eigenvalue weighted by atomic mass is 10.1. The van der Waals surface area contributed by atoms with Crippen LogP contribution in [0.25, 0.3) is 11.1 Å². The van der Waals surface area contributed by atoms with E-state index in [1.807, 2.05) is 24.3 Å². The lowest BCUT2D eigenvalue weighted by molar-refractivity contribution is -0.122. The van der Waals surface area contributed by atoms with Gasteiger partial charge in [-0.25, -0.2) is 4.98 Å². The van der Waals surface area contributed by atoms with Crippen molar-refractivity contribution in [2.45, 2.75) is 26.7 Å². The van der Waals surface area contributed by atoms with Crippen LogP contribution in [0.3, 0.4) is 0 Å². The molecule has 1 saturated heterocycles. The third-order valence-corrected chi connectivity index (χ3v) is 4.92. The number of nitrogens with zero attached hydrogens (tertiary/aromatic N) is 2. The molecule has 1 aliphatic heterocycles. The molecule has 0 saturated carbocycles. The summed E-state index contributed by atoms with van der Waals surface area (Å²) in [6, 6.07) is 13.2. The number of carbonyl (C=O) groups excluding carboxylic acids is 2. The minimum Gasteiger partial charge on any atom is -0.441 e. The maximum atomic E-state index is 12.7. The van der Waals surface area contributed by atoms with Crippen molar-refractivity contribution in [3.8, 4) is 0 Å². The van der Waals surface area contributed by atoms with Crippen molar-refractivity contribution in [1.29, 1.82) is 0 Å². The van der Waals surface area contributed by atoms with Gasteiger partial charge in [-0.3, -0.25) is 9.59 Å². The number of hydrogen-bond acceptors (Lipinski definition) is 4. The summed E-state index contributed by atoms with van der Waals surface area (Å²) >= 11 is 0. The van der Waals surface area contributed by atoms with Crippen molar-refractivity contribution >= 4 is 34.3 Å². The lowest BCUT2D eigenvalue weighted by Crippen LogP contribution is -2.28. The molecule has 1 unspecified atom stereocenters. The Hall–Kier alpha value is -3.15. The highest BCUT2D eigenvalue weighted by Crippen LogP contribution is 2.29. The molecule has 3 aromatic rings. The minimum atomic E-state index is -0.378. The van der Waals surface area contributed by atoms with Crippen LogP contribution in [0.15, 0.2) is 46.9 Å². The molecule has 0 bridgehead atoms. The summed E-state index contributed by atoms with van der Waals surface area (Å²) < 4.78 is 5.45. The third kappa shape index (κ3) is 3.30. The molecule has 1 atom stereocenters. The molecular weight excluding hydrogens is 342 g/mol. The predicted molar refractivity (Wildman–Crippen MR) is 104 cm³/mol. The van der Waals surface area contributed by atoms with E-state index in [1.54, 1.807) is 30.0 Å². The number of oxazole rings is 1. The highest BCUT2D eigenvalue weighted by molar-refractivity contribution is 6.04. The number of rotatable bonds is 4. The van der Waals surface area contributed by atoms with Crippen LogP contribution < -0.4 is 10.2 Å². The SMILES string of the molecule is CCc1ccccc1N1CC(C(=O)Nc2ccc3oc(C)nc3c2)CC1=O. The van der Waals surface area contributed by atoms with Crippen molar-refractivity contribution in [3.63, 3.8) is 0 Å². The molecule has 1 aromatic heterocycles. The fraction of sp³-hybridized carbons (Fsp3) is 0.286. The molecule has 6 heteroatoms. The lowest BCUT2D eigenvalue weighted by Gasteiger charge is -2.20. The molecule has 27 heavy (non-hydrogen) atoms. The summed E-state index contributed by atoms with van der Waals surface area (Å²) in [5.41, 5.74) is 4.05. The van der Waals surface area contributed by atoms with Gasteiger partial charge in [-0.05, 0) is 36.2 Å². The second kappa shape index (κ2) is 6.87. The van der Waals surface area contributed by atoms with Gasteiger partial charge in [-0.2, -0.15) is 0 Å². The third-order valence-electron chi connectivity index (χ3n) is 4.92. The van der Waals surface area contributed by atoms with Crippen molar-refractivity contribution in [1.82, 2.24) is 4.98 Å². The molecule has 1 fully saturated rings. The van der Waals surface area contributed by atoms with E-state index >= 15 is 0 Å². The zero-order valence-electron chi connectivity index (χ0n) is 15.4. The van der Waals surface area contributed by atoms with Gasteiger partial charge in [-0.15, -0.1) is 0 Å². The highest BCUT2D eigenvalue weighted by Gasteiger charge is 2.35. The first kappa shape index (κ1) is 17.3. The van der Waals surface area contributed by atoms with Gasteiger partial charge < -0.3 is 14.6 Å². The Bertz CT molecular complexity index is 1020. The highest BCUT2D eigenvalue weighted by atomic mass is 16.3. The fourth-order valence-electron chi connectivity index (χ4n) is 3.55. The number of carbonyl (C=O) groups is 2. The summed E-state index contributed by atoms with van der Waals surface area (Å²) in [5.74, 6) is 0.0373. The van der Waals surface area contributed by atoms with Crippen LogP contribution in [0, 0.1) is 12.8 Å². The monoisotopic (exact) mass is 363 g/mol. The summed E-state index contributed by atoms with van der Waals surface area (Å²) in [4.78, 5) is 31.2. The molecule has 138 valence electrons. The normalized spacial score (nSPS) is 16.9. The van der Waals surface area contributed by atoms with E-state index < -0.39 is 0 Å². The number of benzene rings is 2. The number of nitrogens with one attached hydrogen (secondary N) is 1. The summed E-state index contributed by atoms with van der Waals surface area (Å²) in [5, 5.41) is 2.91. The quantitative estimate of drug-likeness (QED) is 0.767. The molecule has 2 heterocycles. The Morgan fingerprint density at radius 1 is 1.30 bits per heavy atom. The average Bonchev–Trinajstić information content (AvgIpc) is 3.23. The first-order chi connectivity index (χ1) is 13.0. The van der Waals surface area contributed by atoms with Gasteiger partial charge in [0.05, 0.1) is 5.92 Å². The van der Waals surface area contributed by atoms with Crippen molar-refractivity contribution in [3.05, 3.63) is 53.9 Å². The molecule has 0 spiro atoms. The molecule has 6 nitrogen and oxygen atoms in total. The summed E-state index contributed by atoms with van der Waals surface area (Å²) in [7, 11) is 0. The number of fused-ring (bicyclic) bond motifs is 1. The van der Waals surface area contributed by atoms with Gasteiger partial charge in [0.1, 0.15) is 5.52 Å². The van der Waals surface area contributed by atoms with Crippen LogP contribution in [0.5, 0.6) is 0 Å². The van der Waals surface area contributed by atoms with Crippen molar-refractivity contribution in [2.24, 2.45) is 5.92 Å². The summed E-state index contributed by atoms with van der Waals surface area (Å²) in [6.07, 6.45) is 1.06. The largest absolute Gasteiger partial charge is 0.441 e. The van der Waals surface area contributed by atoms with Crippen molar-refractivity contribution < 1.29 is 14.0 Å².